The minimum atomic E-state index is 0.381. The van der Waals surface area contributed by atoms with E-state index in [4.69, 9.17) is 5.73 Å². The van der Waals surface area contributed by atoms with Crippen LogP contribution in [0.5, 0.6) is 0 Å². The molecular formula is C11H20N2. The van der Waals surface area contributed by atoms with Gasteiger partial charge in [-0.3, -0.25) is 4.90 Å². The molecule has 0 aromatic heterocycles. The predicted octanol–water partition coefficient (Wildman–Crippen LogP) is 1.38. The van der Waals surface area contributed by atoms with Crippen molar-refractivity contribution in [2.75, 3.05) is 19.6 Å². The van der Waals surface area contributed by atoms with E-state index in [0.717, 1.165) is 13.1 Å². The molecule has 1 fully saturated rings. The van der Waals surface area contributed by atoms with Gasteiger partial charge in [-0.1, -0.05) is 25.5 Å². The summed E-state index contributed by atoms with van der Waals surface area (Å²) in [6.45, 7) is 5.79. The number of rotatable bonds is 2. The molecule has 0 saturated heterocycles. The Balaban J connectivity index is 1.91. The number of hydrogen-bond acceptors (Lipinski definition) is 2. The summed E-state index contributed by atoms with van der Waals surface area (Å²) >= 11 is 0. The van der Waals surface area contributed by atoms with Gasteiger partial charge in [-0.15, -0.1) is 0 Å². The second-order valence-corrected chi connectivity index (χ2v) is 4.82. The van der Waals surface area contributed by atoms with Crippen LogP contribution in [0.25, 0.3) is 0 Å². The monoisotopic (exact) mass is 180 g/mol. The highest BCUT2D eigenvalue weighted by molar-refractivity contribution is 5.00. The van der Waals surface area contributed by atoms with Crippen molar-refractivity contribution in [2.24, 2.45) is 11.1 Å². The number of hydrogen-bond donors (Lipinski definition) is 1. The molecule has 2 atom stereocenters. The quantitative estimate of drug-likeness (QED) is 0.650. The first-order valence-electron chi connectivity index (χ1n) is 5.34. The van der Waals surface area contributed by atoms with E-state index in [9.17, 15) is 0 Å². The summed E-state index contributed by atoms with van der Waals surface area (Å²) in [6.07, 6.45) is 8.36. The molecule has 2 heteroatoms. The zero-order chi connectivity index (χ0) is 9.31. The summed E-state index contributed by atoms with van der Waals surface area (Å²) in [5.74, 6) is 0. The molecular weight excluding hydrogens is 160 g/mol. The topological polar surface area (TPSA) is 29.3 Å². The molecule has 13 heavy (non-hydrogen) atoms. The van der Waals surface area contributed by atoms with Crippen molar-refractivity contribution in [3.05, 3.63) is 12.2 Å². The van der Waals surface area contributed by atoms with E-state index >= 15 is 0 Å². The summed E-state index contributed by atoms with van der Waals surface area (Å²) in [7, 11) is 0. The Kier molecular flexibility index (Phi) is 2.43. The lowest BCUT2D eigenvalue weighted by Crippen LogP contribution is -2.43. The fraction of sp³-hybridized carbons (Fsp3) is 0.818. The fourth-order valence-corrected chi connectivity index (χ4v) is 2.62. The van der Waals surface area contributed by atoms with Crippen LogP contribution in [-0.4, -0.2) is 30.6 Å². The Morgan fingerprint density at radius 1 is 1.46 bits per heavy atom. The van der Waals surface area contributed by atoms with Gasteiger partial charge in [-0.25, -0.2) is 0 Å². The molecule has 0 aromatic rings. The van der Waals surface area contributed by atoms with Crippen LogP contribution in [0.4, 0.5) is 0 Å². The van der Waals surface area contributed by atoms with Crippen LogP contribution in [0.15, 0.2) is 12.2 Å². The third kappa shape index (κ3) is 1.79. The van der Waals surface area contributed by atoms with Gasteiger partial charge in [0.25, 0.3) is 0 Å². The van der Waals surface area contributed by atoms with Gasteiger partial charge in [0.15, 0.2) is 0 Å². The molecule has 2 rings (SSSR count). The van der Waals surface area contributed by atoms with Gasteiger partial charge in [-0.2, -0.15) is 0 Å². The number of nitrogens with zero attached hydrogens (tertiary/aromatic N) is 1. The van der Waals surface area contributed by atoms with Crippen LogP contribution in [0.1, 0.15) is 26.2 Å². The highest BCUT2D eigenvalue weighted by atomic mass is 15.1. The van der Waals surface area contributed by atoms with Crippen LogP contribution < -0.4 is 5.73 Å². The normalized spacial score (nSPS) is 40.3. The third-order valence-electron chi connectivity index (χ3n) is 3.64. The molecule has 2 nitrogen and oxygen atoms in total. The van der Waals surface area contributed by atoms with Crippen molar-refractivity contribution in [3.63, 3.8) is 0 Å². The summed E-state index contributed by atoms with van der Waals surface area (Å²) in [6, 6.07) is 0.424. The van der Waals surface area contributed by atoms with Crippen molar-refractivity contribution in [1.82, 2.24) is 4.90 Å². The van der Waals surface area contributed by atoms with Gasteiger partial charge in [0.1, 0.15) is 0 Å². The van der Waals surface area contributed by atoms with Crippen molar-refractivity contribution < 1.29 is 0 Å². The maximum Gasteiger partial charge on any atom is 0.0167 e. The van der Waals surface area contributed by atoms with E-state index in [1.165, 1.54) is 25.8 Å². The van der Waals surface area contributed by atoms with Crippen LogP contribution in [0.2, 0.25) is 0 Å². The molecule has 0 aromatic carbocycles. The van der Waals surface area contributed by atoms with Gasteiger partial charge in [0.2, 0.25) is 0 Å². The van der Waals surface area contributed by atoms with Crippen molar-refractivity contribution in [1.29, 1.82) is 0 Å². The molecule has 1 aliphatic heterocycles. The summed E-state index contributed by atoms with van der Waals surface area (Å²) in [5.41, 5.74) is 6.53. The lowest BCUT2D eigenvalue weighted by atomic mass is 9.84. The van der Waals surface area contributed by atoms with Crippen LogP contribution in [-0.2, 0) is 0 Å². The van der Waals surface area contributed by atoms with Crippen LogP contribution >= 0.6 is 0 Å². The maximum absolute atomic E-state index is 6.14. The SMILES string of the molecule is CC1(CN2CC=CC2)CCCC1N. The van der Waals surface area contributed by atoms with Gasteiger partial charge < -0.3 is 5.73 Å². The van der Waals surface area contributed by atoms with Gasteiger partial charge in [-0.05, 0) is 18.3 Å². The van der Waals surface area contributed by atoms with E-state index in [-0.39, 0.29) is 0 Å². The predicted molar refractivity (Wildman–Crippen MR) is 55.5 cm³/mol. The van der Waals surface area contributed by atoms with Crippen molar-refractivity contribution >= 4 is 0 Å². The lowest BCUT2D eigenvalue weighted by Gasteiger charge is -2.33. The molecule has 1 aliphatic carbocycles. The Bertz CT molecular complexity index is 204. The van der Waals surface area contributed by atoms with E-state index in [1.807, 2.05) is 0 Å². The van der Waals surface area contributed by atoms with E-state index in [1.54, 1.807) is 0 Å². The zero-order valence-corrected chi connectivity index (χ0v) is 8.50. The van der Waals surface area contributed by atoms with E-state index in [2.05, 4.69) is 24.0 Å². The summed E-state index contributed by atoms with van der Waals surface area (Å²) in [4.78, 5) is 2.49. The zero-order valence-electron chi connectivity index (χ0n) is 8.50. The lowest BCUT2D eigenvalue weighted by molar-refractivity contribution is 0.183. The number of nitrogens with two attached hydrogens (primary N) is 1. The van der Waals surface area contributed by atoms with Crippen molar-refractivity contribution in [2.45, 2.75) is 32.2 Å². The fourth-order valence-electron chi connectivity index (χ4n) is 2.62. The first-order valence-corrected chi connectivity index (χ1v) is 5.34. The molecule has 1 heterocycles. The molecule has 1 saturated carbocycles. The molecule has 0 amide bonds. The van der Waals surface area contributed by atoms with E-state index in [0.29, 0.717) is 11.5 Å². The van der Waals surface area contributed by atoms with Crippen molar-refractivity contribution in [3.8, 4) is 0 Å². The smallest absolute Gasteiger partial charge is 0.0167 e. The minimum absolute atomic E-state index is 0.381. The third-order valence-corrected chi connectivity index (χ3v) is 3.64. The molecule has 2 unspecified atom stereocenters. The largest absolute Gasteiger partial charge is 0.327 e. The average Bonchev–Trinajstić information content (AvgIpc) is 2.65. The van der Waals surface area contributed by atoms with Gasteiger partial charge >= 0.3 is 0 Å². The summed E-state index contributed by atoms with van der Waals surface area (Å²) < 4.78 is 0. The highest BCUT2D eigenvalue weighted by Gasteiger charge is 2.37. The first kappa shape index (κ1) is 9.22. The Labute approximate surface area is 80.8 Å². The van der Waals surface area contributed by atoms with Gasteiger partial charge in [0, 0.05) is 25.7 Å². The molecule has 74 valence electrons. The molecule has 0 spiro atoms. The Morgan fingerprint density at radius 2 is 2.15 bits per heavy atom. The minimum Gasteiger partial charge on any atom is -0.327 e. The van der Waals surface area contributed by atoms with Crippen LogP contribution in [0, 0.1) is 5.41 Å². The van der Waals surface area contributed by atoms with Crippen LogP contribution in [0.3, 0.4) is 0 Å². The second kappa shape index (κ2) is 3.43. The molecule has 2 aliphatic rings. The first-order chi connectivity index (χ1) is 6.21. The second-order valence-electron chi connectivity index (χ2n) is 4.82. The Hall–Kier alpha value is -0.340. The molecule has 2 N–H and O–H groups in total. The molecule has 0 bridgehead atoms. The van der Waals surface area contributed by atoms with Gasteiger partial charge in [0.05, 0.1) is 0 Å². The maximum atomic E-state index is 6.14. The van der Waals surface area contributed by atoms with E-state index < -0.39 is 0 Å². The standard InChI is InChI=1S/C11H20N2/c1-11(6-4-5-10(11)12)9-13-7-2-3-8-13/h2-3,10H,4-9,12H2,1H3. The average molecular weight is 180 g/mol. The highest BCUT2D eigenvalue weighted by Crippen LogP contribution is 2.37. The Morgan fingerprint density at radius 3 is 2.69 bits per heavy atom. The molecule has 0 radical (unpaired) electrons. The summed E-state index contributed by atoms with van der Waals surface area (Å²) in [5, 5.41) is 0.